The number of methoxy groups -OCH3 is 1. The van der Waals surface area contributed by atoms with E-state index >= 15 is 0 Å². The summed E-state index contributed by atoms with van der Waals surface area (Å²) in [5.41, 5.74) is 1.51. The summed E-state index contributed by atoms with van der Waals surface area (Å²) in [6.45, 7) is 6.27. The first-order chi connectivity index (χ1) is 8.47. The molecule has 96 valence electrons. The van der Waals surface area contributed by atoms with Crippen molar-refractivity contribution in [1.82, 2.24) is 4.98 Å². The molecule has 0 aliphatic rings. The number of hydrogen-bond donors (Lipinski definition) is 1. The molecule has 0 fully saturated rings. The van der Waals surface area contributed by atoms with E-state index in [1.807, 2.05) is 18.2 Å². The molecule has 0 aliphatic carbocycles. The molecule has 0 radical (unpaired) electrons. The summed E-state index contributed by atoms with van der Waals surface area (Å²) in [6, 6.07) is 7.44. The van der Waals surface area contributed by atoms with Gasteiger partial charge in [-0.2, -0.15) is 0 Å². The van der Waals surface area contributed by atoms with Crippen molar-refractivity contribution >= 4 is 10.9 Å². The predicted molar refractivity (Wildman–Crippen MR) is 73.3 cm³/mol. The zero-order chi connectivity index (χ0) is 13.3. The van der Waals surface area contributed by atoms with Crippen molar-refractivity contribution in [3.63, 3.8) is 0 Å². The lowest BCUT2D eigenvalue weighted by atomic mass is 9.85. The Morgan fingerprint density at radius 2 is 2.00 bits per heavy atom. The van der Waals surface area contributed by atoms with Crippen molar-refractivity contribution in [2.45, 2.75) is 32.6 Å². The monoisotopic (exact) mass is 245 g/mol. The lowest BCUT2D eigenvalue weighted by molar-refractivity contribution is 0.414. The molecule has 2 aromatic rings. The number of benzene rings is 1. The number of ether oxygens (including phenoxy) is 1. The van der Waals surface area contributed by atoms with Crippen molar-refractivity contribution in [3.8, 4) is 11.5 Å². The minimum atomic E-state index is -0.127. The topological polar surface area (TPSA) is 42.4 Å². The second-order valence-corrected chi connectivity index (χ2v) is 5.15. The Morgan fingerprint density at radius 1 is 1.28 bits per heavy atom. The smallest absolute Gasteiger partial charge is 0.138 e. The van der Waals surface area contributed by atoms with Crippen molar-refractivity contribution in [3.05, 3.63) is 30.0 Å². The first-order valence-electron chi connectivity index (χ1n) is 6.16. The van der Waals surface area contributed by atoms with Crippen molar-refractivity contribution in [1.29, 1.82) is 0 Å². The van der Waals surface area contributed by atoms with E-state index < -0.39 is 0 Å². The third-order valence-corrected chi connectivity index (χ3v) is 3.53. The average molecular weight is 245 g/mol. The van der Waals surface area contributed by atoms with Crippen LogP contribution < -0.4 is 4.74 Å². The normalized spacial score (nSPS) is 11.8. The molecule has 0 amide bonds. The number of rotatable bonds is 3. The van der Waals surface area contributed by atoms with Gasteiger partial charge in [0.2, 0.25) is 0 Å². The number of nitrogens with zero attached hydrogens (tertiary/aromatic N) is 1. The van der Waals surface area contributed by atoms with Crippen molar-refractivity contribution in [2.24, 2.45) is 0 Å². The maximum Gasteiger partial charge on any atom is 0.138 e. The lowest BCUT2D eigenvalue weighted by Gasteiger charge is -2.23. The van der Waals surface area contributed by atoms with E-state index in [-0.39, 0.29) is 11.2 Å². The van der Waals surface area contributed by atoms with Crippen LogP contribution >= 0.6 is 0 Å². The standard InChI is InChI=1S/C15H19NO2/c1-5-15(2,3)14-13(17)9-10-8-11(18-4)6-7-12(10)16-14/h6-9,17H,5H2,1-4H3. The van der Waals surface area contributed by atoms with Gasteiger partial charge in [-0.25, -0.2) is 4.98 Å². The molecule has 1 heterocycles. The number of fused-ring (bicyclic) bond motifs is 1. The van der Waals surface area contributed by atoms with Gasteiger partial charge in [-0.05, 0) is 30.7 Å². The van der Waals surface area contributed by atoms with Gasteiger partial charge in [0, 0.05) is 10.8 Å². The van der Waals surface area contributed by atoms with E-state index in [4.69, 9.17) is 4.74 Å². The molecule has 3 heteroatoms. The highest BCUT2D eigenvalue weighted by Gasteiger charge is 2.24. The molecular formula is C15H19NO2. The molecular weight excluding hydrogens is 226 g/mol. The van der Waals surface area contributed by atoms with Gasteiger partial charge in [-0.15, -0.1) is 0 Å². The van der Waals surface area contributed by atoms with Crippen LogP contribution in [-0.2, 0) is 5.41 Å². The summed E-state index contributed by atoms with van der Waals surface area (Å²) >= 11 is 0. The summed E-state index contributed by atoms with van der Waals surface area (Å²) in [5.74, 6) is 1.02. The van der Waals surface area contributed by atoms with E-state index in [1.54, 1.807) is 13.2 Å². The SMILES string of the molecule is CCC(C)(C)c1nc2ccc(OC)cc2cc1O. The first-order valence-corrected chi connectivity index (χ1v) is 6.16. The minimum absolute atomic E-state index is 0.127. The number of pyridine rings is 1. The summed E-state index contributed by atoms with van der Waals surface area (Å²) < 4.78 is 5.17. The first kappa shape index (κ1) is 12.7. The van der Waals surface area contributed by atoms with E-state index in [0.29, 0.717) is 0 Å². The molecule has 1 aromatic heterocycles. The minimum Gasteiger partial charge on any atom is -0.506 e. The third-order valence-electron chi connectivity index (χ3n) is 3.53. The Labute approximate surface area is 107 Å². The average Bonchev–Trinajstić information content (AvgIpc) is 2.37. The molecule has 3 nitrogen and oxygen atoms in total. The van der Waals surface area contributed by atoms with Crippen molar-refractivity contribution in [2.75, 3.05) is 7.11 Å². The highest BCUT2D eigenvalue weighted by atomic mass is 16.5. The van der Waals surface area contributed by atoms with Crippen LogP contribution in [0.3, 0.4) is 0 Å². The zero-order valence-corrected chi connectivity index (χ0v) is 11.3. The van der Waals surface area contributed by atoms with Crippen molar-refractivity contribution < 1.29 is 9.84 Å². The second kappa shape index (κ2) is 4.48. The van der Waals surface area contributed by atoms with Crippen LogP contribution in [0.25, 0.3) is 10.9 Å². The molecule has 0 atom stereocenters. The fraction of sp³-hybridized carbons (Fsp3) is 0.400. The fourth-order valence-electron chi connectivity index (χ4n) is 1.94. The van der Waals surface area contributed by atoms with E-state index in [1.165, 1.54) is 0 Å². The number of hydrogen-bond acceptors (Lipinski definition) is 3. The highest BCUT2D eigenvalue weighted by molar-refractivity contribution is 5.82. The maximum atomic E-state index is 10.1. The van der Waals surface area contributed by atoms with E-state index in [9.17, 15) is 5.11 Å². The van der Waals surface area contributed by atoms with Crippen LogP contribution in [0.15, 0.2) is 24.3 Å². The van der Waals surface area contributed by atoms with Crippen LogP contribution in [0, 0.1) is 0 Å². The Kier molecular flexibility index (Phi) is 3.16. The van der Waals surface area contributed by atoms with Gasteiger partial charge in [0.25, 0.3) is 0 Å². The number of aromatic nitrogens is 1. The van der Waals surface area contributed by atoms with Crippen LogP contribution in [0.2, 0.25) is 0 Å². The van der Waals surface area contributed by atoms with Gasteiger partial charge in [-0.1, -0.05) is 20.8 Å². The Balaban J connectivity index is 2.63. The lowest BCUT2D eigenvalue weighted by Crippen LogP contribution is -2.17. The molecule has 0 aliphatic heterocycles. The molecule has 0 bridgehead atoms. The van der Waals surface area contributed by atoms with Gasteiger partial charge in [0.05, 0.1) is 18.3 Å². The number of aromatic hydroxyl groups is 1. The van der Waals surface area contributed by atoms with Crippen LogP contribution in [0.1, 0.15) is 32.9 Å². The summed E-state index contributed by atoms with van der Waals surface area (Å²) in [7, 11) is 1.63. The summed E-state index contributed by atoms with van der Waals surface area (Å²) in [5, 5.41) is 11.0. The molecule has 0 saturated heterocycles. The molecule has 1 N–H and O–H groups in total. The van der Waals surface area contributed by atoms with Gasteiger partial charge >= 0.3 is 0 Å². The molecule has 18 heavy (non-hydrogen) atoms. The molecule has 0 spiro atoms. The maximum absolute atomic E-state index is 10.1. The summed E-state index contributed by atoms with van der Waals surface area (Å²) in [4.78, 5) is 4.59. The van der Waals surface area contributed by atoms with E-state index in [0.717, 1.165) is 28.8 Å². The third kappa shape index (κ3) is 2.13. The zero-order valence-electron chi connectivity index (χ0n) is 11.3. The molecule has 0 saturated carbocycles. The highest BCUT2D eigenvalue weighted by Crippen LogP contribution is 2.34. The van der Waals surface area contributed by atoms with Gasteiger partial charge in [-0.3, -0.25) is 0 Å². The quantitative estimate of drug-likeness (QED) is 0.897. The van der Waals surface area contributed by atoms with Gasteiger partial charge in [0.15, 0.2) is 0 Å². The van der Waals surface area contributed by atoms with Crippen LogP contribution in [0.4, 0.5) is 0 Å². The predicted octanol–water partition coefficient (Wildman–Crippen LogP) is 3.64. The van der Waals surface area contributed by atoms with E-state index in [2.05, 4.69) is 25.8 Å². The van der Waals surface area contributed by atoms with Crippen LogP contribution in [-0.4, -0.2) is 17.2 Å². The van der Waals surface area contributed by atoms with Crippen LogP contribution in [0.5, 0.6) is 11.5 Å². The summed E-state index contributed by atoms with van der Waals surface area (Å²) in [6.07, 6.45) is 0.926. The van der Waals surface area contributed by atoms with Gasteiger partial charge in [0.1, 0.15) is 11.5 Å². The molecule has 1 aromatic carbocycles. The fourth-order valence-corrected chi connectivity index (χ4v) is 1.94. The Morgan fingerprint density at radius 3 is 2.61 bits per heavy atom. The molecule has 2 rings (SSSR count). The Hall–Kier alpha value is -1.77. The second-order valence-electron chi connectivity index (χ2n) is 5.15. The Bertz CT molecular complexity index is 576. The molecule has 0 unspecified atom stereocenters. The van der Waals surface area contributed by atoms with Gasteiger partial charge < -0.3 is 9.84 Å². The largest absolute Gasteiger partial charge is 0.506 e.